The predicted octanol–water partition coefficient (Wildman–Crippen LogP) is 1.83. The second-order valence-corrected chi connectivity index (χ2v) is 5.34. The zero-order valence-electron chi connectivity index (χ0n) is 10.3. The number of hydrogen-bond donors (Lipinski definition) is 2. The Morgan fingerprint density at radius 3 is 3.06 bits per heavy atom. The Kier molecular flexibility index (Phi) is 4.37. The van der Waals surface area contributed by atoms with Crippen LogP contribution in [0.3, 0.4) is 0 Å². The summed E-state index contributed by atoms with van der Waals surface area (Å²) in [4.78, 5) is 13.6. The van der Waals surface area contributed by atoms with Crippen LogP contribution in [0.5, 0.6) is 0 Å². The Morgan fingerprint density at radius 2 is 2.33 bits per heavy atom. The van der Waals surface area contributed by atoms with Gasteiger partial charge in [0.25, 0.3) is 0 Å². The molecule has 4 nitrogen and oxygen atoms in total. The summed E-state index contributed by atoms with van der Waals surface area (Å²) in [6, 6.07) is 6.10. The maximum absolute atomic E-state index is 11.9. The predicted molar refractivity (Wildman–Crippen MR) is 74.6 cm³/mol. The van der Waals surface area contributed by atoms with Gasteiger partial charge in [-0.2, -0.15) is 0 Å². The van der Waals surface area contributed by atoms with Gasteiger partial charge in [0.1, 0.15) is 0 Å². The second-order valence-electron chi connectivity index (χ2n) is 4.42. The molecule has 18 heavy (non-hydrogen) atoms. The van der Waals surface area contributed by atoms with Gasteiger partial charge >= 0.3 is 0 Å². The number of nitrogens with zero attached hydrogens (tertiary/aromatic N) is 1. The first-order valence-electron chi connectivity index (χ1n) is 6.03. The molecule has 1 heterocycles. The van der Waals surface area contributed by atoms with Crippen LogP contribution in [0.15, 0.2) is 22.7 Å². The van der Waals surface area contributed by atoms with Gasteiger partial charge in [0, 0.05) is 36.2 Å². The molecule has 0 spiro atoms. The first kappa shape index (κ1) is 13.5. The molecule has 5 heteroatoms. The second kappa shape index (κ2) is 5.82. The van der Waals surface area contributed by atoms with E-state index in [1.54, 1.807) is 4.90 Å². The zero-order valence-corrected chi connectivity index (χ0v) is 11.9. The van der Waals surface area contributed by atoms with Gasteiger partial charge in [-0.05, 0) is 24.1 Å². The smallest absolute Gasteiger partial charge is 0.226 e. The third-order valence-corrected chi connectivity index (χ3v) is 3.75. The molecular weight excluding hydrogens is 296 g/mol. The number of aliphatic hydroxyl groups is 1. The molecule has 0 radical (unpaired) electrons. The fourth-order valence-electron chi connectivity index (χ4n) is 2.28. The van der Waals surface area contributed by atoms with Crippen molar-refractivity contribution >= 4 is 27.5 Å². The number of carbonyl (C=O) groups excluding carboxylic acids is 1. The van der Waals surface area contributed by atoms with Crippen molar-refractivity contribution in [1.82, 2.24) is 5.32 Å². The number of hydrogen-bond acceptors (Lipinski definition) is 3. The van der Waals surface area contributed by atoms with Gasteiger partial charge in [-0.3, -0.25) is 4.79 Å². The summed E-state index contributed by atoms with van der Waals surface area (Å²) in [5.74, 6) is 0.127. The lowest BCUT2D eigenvalue weighted by atomic mass is 10.0. The number of amides is 1. The van der Waals surface area contributed by atoms with E-state index in [0.29, 0.717) is 13.0 Å². The van der Waals surface area contributed by atoms with Crippen LogP contribution in [0.1, 0.15) is 24.4 Å². The van der Waals surface area contributed by atoms with Gasteiger partial charge in [0.05, 0.1) is 6.61 Å². The minimum absolute atomic E-state index is 0.103. The summed E-state index contributed by atoms with van der Waals surface area (Å²) < 4.78 is 0.962. The lowest BCUT2D eigenvalue weighted by molar-refractivity contribution is -0.118. The quantitative estimate of drug-likeness (QED) is 0.895. The lowest BCUT2D eigenvalue weighted by Crippen LogP contribution is -2.25. The van der Waals surface area contributed by atoms with E-state index in [1.165, 1.54) is 0 Å². The molecule has 0 fully saturated rings. The Bertz CT molecular complexity index is 451. The normalized spacial score (nSPS) is 19.6. The van der Waals surface area contributed by atoms with E-state index < -0.39 is 0 Å². The number of nitrogens with one attached hydrogen (secondary N) is 1. The molecule has 0 aromatic heterocycles. The van der Waals surface area contributed by atoms with Gasteiger partial charge in [-0.25, -0.2) is 0 Å². The molecule has 1 aliphatic rings. The van der Waals surface area contributed by atoms with Crippen molar-refractivity contribution in [3.63, 3.8) is 0 Å². The van der Waals surface area contributed by atoms with Crippen LogP contribution < -0.4 is 10.2 Å². The van der Waals surface area contributed by atoms with E-state index in [4.69, 9.17) is 5.11 Å². The van der Waals surface area contributed by atoms with E-state index in [9.17, 15) is 4.79 Å². The first-order chi connectivity index (χ1) is 8.63. The third-order valence-electron chi connectivity index (χ3n) is 3.25. The molecule has 0 aliphatic carbocycles. The Morgan fingerprint density at radius 1 is 1.56 bits per heavy atom. The number of halogens is 1. The van der Waals surface area contributed by atoms with Crippen molar-refractivity contribution < 1.29 is 9.90 Å². The summed E-state index contributed by atoms with van der Waals surface area (Å²) in [5, 5.41) is 12.2. The van der Waals surface area contributed by atoms with E-state index >= 15 is 0 Å². The molecule has 1 atom stereocenters. The van der Waals surface area contributed by atoms with Crippen LogP contribution in [0.25, 0.3) is 0 Å². The lowest BCUT2D eigenvalue weighted by Gasteiger charge is -2.21. The summed E-state index contributed by atoms with van der Waals surface area (Å²) in [6.07, 6.45) is 1.28. The largest absolute Gasteiger partial charge is 0.395 e. The molecule has 2 N–H and O–H groups in total. The third kappa shape index (κ3) is 2.74. The number of carbonyl (C=O) groups is 1. The van der Waals surface area contributed by atoms with Crippen LogP contribution in [0, 0.1) is 0 Å². The van der Waals surface area contributed by atoms with Crippen LogP contribution in [-0.4, -0.2) is 31.2 Å². The molecule has 2 rings (SSSR count). The van der Waals surface area contributed by atoms with Crippen molar-refractivity contribution in [3.8, 4) is 0 Å². The van der Waals surface area contributed by atoms with Crippen LogP contribution >= 0.6 is 15.9 Å². The molecular formula is C13H17BrN2O2. The number of rotatable bonds is 3. The van der Waals surface area contributed by atoms with Crippen molar-refractivity contribution in [2.75, 3.05) is 25.1 Å². The highest BCUT2D eigenvalue weighted by Gasteiger charge is 2.25. The van der Waals surface area contributed by atoms with Gasteiger partial charge in [-0.15, -0.1) is 0 Å². The number of aliphatic hydroxyl groups excluding tert-OH is 1. The summed E-state index contributed by atoms with van der Waals surface area (Å²) in [7, 11) is 1.81. The van der Waals surface area contributed by atoms with Crippen molar-refractivity contribution in [1.29, 1.82) is 0 Å². The average molecular weight is 313 g/mol. The molecule has 98 valence electrons. The molecule has 0 bridgehead atoms. The van der Waals surface area contributed by atoms with Crippen molar-refractivity contribution in [3.05, 3.63) is 28.2 Å². The van der Waals surface area contributed by atoms with Gasteiger partial charge in [0.15, 0.2) is 0 Å². The monoisotopic (exact) mass is 312 g/mol. The van der Waals surface area contributed by atoms with Crippen molar-refractivity contribution in [2.24, 2.45) is 0 Å². The van der Waals surface area contributed by atoms with E-state index in [1.807, 2.05) is 25.2 Å². The molecule has 1 unspecified atom stereocenters. The zero-order chi connectivity index (χ0) is 13.1. The Labute approximate surface area is 115 Å². The molecule has 0 saturated heterocycles. The SMILES string of the molecule is CN1C(=O)CCC(NCCO)c2ccc(Br)cc21. The van der Waals surface area contributed by atoms with Crippen molar-refractivity contribution in [2.45, 2.75) is 18.9 Å². The topological polar surface area (TPSA) is 52.6 Å². The summed E-state index contributed by atoms with van der Waals surface area (Å²) in [6.45, 7) is 0.643. The van der Waals surface area contributed by atoms with Crippen LogP contribution in [-0.2, 0) is 4.79 Å². The van der Waals surface area contributed by atoms with Crippen LogP contribution in [0.4, 0.5) is 5.69 Å². The standard InChI is InChI=1S/C13H17BrN2O2/c1-16-12-8-9(14)2-3-10(12)11(15-6-7-17)4-5-13(16)18/h2-3,8,11,15,17H,4-7H2,1H3. The van der Waals surface area contributed by atoms with E-state index in [-0.39, 0.29) is 18.6 Å². The fourth-order valence-corrected chi connectivity index (χ4v) is 2.63. The van der Waals surface area contributed by atoms with Gasteiger partial charge in [-0.1, -0.05) is 22.0 Å². The minimum atomic E-state index is 0.103. The maximum Gasteiger partial charge on any atom is 0.226 e. The molecule has 1 aromatic rings. The Hall–Kier alpha value is -0.910. The number of benzene rings is 1. The fraction of sp³-hybridized carbons (Fsp3) is 0.462. The molecule has 1 aromatic carbocycles. The number of fused-ring (bicyclic) bond motifs is 1. The minimum Gasteiger partial charge on any atom is -0.395 e. The Balaban J connectivity index is 2.37. The highest BCUT2D eigenvalue weighted by atomic mass is 79.9. The van der Waals surface area contributed by atoms with E-state index in [2.05, 4.69) is 21.2 Å². The number of anilines is 1. The van der Waals surface area contributed by atoms with E-state index in [0.717, 1.165) is 22.1 Å². The van der Waals surface area contributed by atoms with Gasteiger partial charge in [0.2, 0.25) is 5.91 Å². The highest BCUT2D eigenvalue weighted by Crippen LogP contribution is 2.34. The average Bonchev–Trinajstić information content (AvgIpc) is 2.48. The van der Waals surface area contributed by atoms with Crippen LogP contribution in [0.2, 0.25) is 0 Å². The van der Waals surface area contributed by atoms with Gasteiger partial charge < -0.3 is 15.3 Å². The molecule has 0 saturated carbocycles. The maximum atomic E-state index is 11.9. The first-order valence-corrected chi connectivity index (χ1v) is 6.83. The summed E-state index contributed by atoms with van der Waals surface area (Å²) >= 11 is 3.44. The molecule has 1 amide bonds. The highest BCUT2D eigenvalue weighted by molar-refractivity contribution is 9.10. The molecule has 1 aliphatic heterocycles. The summed E-state index contributed by atoms with van der Waals surface area (Å²) in [5.41, 5.74) is 2.04.